The highest BCUT2D eigenvalue weighted by Gasteiger charge is 2.15. The number of anilines is 2. The molecule has 1 amide bonds. The van der Waals surface area contributed by atoms with Gasteiger partial charge in [-0.25, -0.2) is 4.39 Å². The quantitative estimate of drug-likeness (QED) is 0.793. The molecular weight excluding hydrogens is 307 g/mol. The number of amides is 1. The van der Waals surface area contributed by atoms with Crippen molar-refractivity contribution in [3.63, 3.8) is 0 Å². The van der Waals surface area contributed by atoms with E-state index in [0.29, 0.717) is 6.61 Å². The average molecular weight is 330 g/mol. The van der Waals surface area contributed by atoms with Crippen LogP contribution >= 0.6 is 0 Å². The van der Waals surface area contributed by atoms with Gasteiger partial charge in [-0.05, 0) is 50.1 Å². The Kier molecular flexibility index (Phi) is 6.18. The fourth-order valence-electron chi connectivity index (χ4n) is 2.17. The lowest BCUT2D eigenvalue weighted by atomic mass is 10.2. The number of rotatable bonds is 7. The van der Waals surface area contributed by atoms with E-state index in [4.69, 9.17) is 4.74 Å². The van der Waals surface area contributed by atoms with Crippen LogP contribution in [0.1, 0.15) is 25.8 Å². The van der Waals surface area contributed by atoms with Gasteiger partial charge in [0.15, 0.2) is 0 Å². The molecule has 1 unspecified atom stereocenters. The normalized spacial score (nSPS) is 11.7. The van der Waals surface area contributed by atoms with Gasteiger partial charge in [0, 0.05) is 11.8 Å². The molecule has 2 N–H and O–H groups in total. The van der Waals surface area contributed by atoms with E-state index in [1.54, 1.807) is 26.0 Å². The van der Waals surface area contributed by atoms with Gasteiger partial charge in [-0.1, -0.05) is 19.1 Å². The maximum atomic E-state index is 13.8. The molecule has 0 fully saturated rings. The summed E-state index contributed by atoms with van der Waals surface area (Å²) in [5, 5.41) is 5.69. The lowest BCUT2D eigenvalue weighted by Crippen LogP contribution is -2.32. The van der Waals surface area contributed by atoms with Gasteiger partial charge in [0.25, 0.3) is 0 Å². The van der Waals surface area contributed by atoms with E-state index in [0.717, 1.165) is 23.4 Å². The Bertz CT molecular complexity index is 704. The molecule has 128 valence electrons. The molecule has 0 heterocycles. The Labute approximate surface area is 142 Å². The van der Waals surface area contributed by atoms with Crippen molar-refractivity contribution in [2.75, 3.05) is 17.2 Å². The largest absolute Gasteiger partial charge is 0.494 e. The number of aryl methyl sites for hydroxylation is 1. The fourth-order valence-corrected chi connectivity index (χ4v) is 2.17. The molecule has 0 saturated carbocycles. The van der Waals surface area contributed by atoms with E-state index in [1.807, 2.05) is 31.2 Å². The second-order valence-electron chi connectivity index (χ2n) is 5.71. The number of benzene rings is 2. The number of ether oxygens (including phenoxy) is 1. The number of halogens is 1. The van der Waals surface area contributed by atoms with Gasteiger partial charge in [0.2, 0.25) is 5.91 Å². The average Bonchev–Trinajstić information content (AvgIpc) is 2.55. The molecular formula is C19H23FN2O2. The van der Waals surface area contributed by atoms with Crippen LogP contribution in [0, 0.1) is 12.7 Å². The minimum Gasteiger partial charge on any atom is -0.494 e. The van der Waals surface area contributed by atoms with Gasteiger partial charge < -0.3 is 15.4 Å². The molecule has 4 nitrogen and oxygen atoms in total. The monoisotopic (exact) mass is 330 g/mol. The topological polar surface area (TPSA) is 50.4 Å². The zero-order valence-electron chi connectivity index (χ0n) is 14.2. The Morgan fingerprint density at radius 1 is 1.25 bits per heavy atom. The molecule has 0 bridgehead atoms. The molecule has 0 aromatic heterocycles. The van der Waals surface area contributed by atoms with E-state index < -0.39 is 11.9 Å². The fraction of sp³-hybridized carbons (Fsp3) is 0.316. The highest BCUT2D eigenvalue weighted by molar-refractivity contribution is 5.96. The summed E-state index contributed by atoms with van der Waals surface area (Å²) < 4.78 is 19.4. The summed E-state index contributed by atoms with van der Waals surface area (Å²) in [4.78, 5) is 12.2. The van der Waals surface area contributed by atoms with Crippen molar-refractivity contribution in [1.29, 1.82) is 0 Å². The molecule has 2 aromatic carbocycles. The summed E-state index contributed by atoms with van der Waals surface area (Å²) in [6.45, 7) is 6.21. The third-order valence-corrected chi connectivity index (χ3v) is 3.47. The third kappa shape index (κ3) is 4.98. The highest BCUT2D eigenvalue weighted by Crippen LogP contribution is 2.19. The van der Waals surface area contributed by atoms with Crippen LogP contribution in [0.2, 0.25) is 0 Å². The summed E-state index contributed by atoms with van der Waals surface area (Å²) in [6.07, 6.45) is 0.929. The number of nitrogens with one attached hydrogen (secondary N) is 2. The molecule has 0 aliphatic heterocycles. The van der Waals surface area contributed by atoms with Crippen LogP contribution in [0.25, 0.3) is 0 Å². The number of hydrogen-bond donors (Lipinski definition) is 2. The molecule has 1 atom stereocenters. The van der Waals surface area contributed by atoms with Crippen LogP contribution in [0.15, 0.2) is 42.5 Å². The lowest BCUT2D eigenvalue weighted by molar-refractivity contribution is -0.116. The first-order valence-electron chi connectivity index (χ1n) is 8.06. The van der Waals surface area contributed by atoms with Crippen LogP contribution in [-0.4, -0.2) is 18.6 Å². The van der Waals surface area contributed by atoms with Crippen molar-refractivity contribution in [3.8, 4) is 5.75 Å². The number of carbonyl (C=O) groups excluding carboxylic acids is 1. The summed E-state index contributed by atoms with van der Waals surface area (Å²) in [5.74, 6) is 0.00202. The first-order valence-corrected chi connectivity index (χ1v) is 8.06. The molecule has 0 aliphatic carbocycles. The van der Waals surface area contributed by atoms with Gasteiger partial charge in [0.1, 0.15) is 17.6 Å². The molecule has 0 aliphatic rings. The molecule has 0 saturated heterocycles. The molecule has 5 heteroatoms. The lowest BCUT2D eigenvalue weighted by Gasteiger charge is -2.16. The molecule has 2 aromatic rings. The van der Waals surface area contributed by atoms with E-state index >= 15 is 0 Å². The third-order valence-electron chi connectivity index (χ3n) is 3.47. The van der Waals surface area contributed by atoms with Crippen molar-refractivity contribution in [2.24, 2.45) is 0 Å². The SMILES string of the molecule is CCCOc1cccc(NC(C)C(=O)Nc2ccc(C)cc2F)c1. The van der Waals surface area contributed by atoms with Gasteiger partial charge in [-0.2, -0.15) is 0 Å². The maximum absolute atomic E-state index is 13.8. The van der Waals surface area contributed by atoms with Gasteiger partial charge >= 0.3 is 0 Å². The van der Waals surface area contributed by atoms with Crippen LogP contribution in [0.3, 0.4) is 0 Å². The maximum Gasteiger partial charge on any atom is 0.246 e. The summed E-state index contributed by atoms with van der Waals surface area (Å²) in [5.41, 5.74) is 1.76. The minimum absolute atomic E-state index is 0.180. The Hall–Kier alpha value is -2.56. The second-order valence-corrected chi connectivity index (χ2v) is 5.71. The minimum atomic E-state index is -0.521. The van der Waals surface area contributed by atoms with E-state index in [1.165, 1.54) is 6.07 Å². The van der Waals surface area contributed by atoms with Crippen LogP contribution < -0.4 is 15.4 Å². The molecule has 0 radical (unpaired) electrons. The van der Waals surface area contributed by atoms with Crippen molar-refractivity contribution in [1.82, 2.24) is 0 Å². The van der Waals surface area contributed by atoms with Gasteiger partial charge in [0.05, 0.1) is 12.3 Å². The van der Waals surface area contributed by atoms with E-state index in [9.17, 15) is 9.18 Å². The second kappa shape index (κ2) is 8.34. The standard InChI is InChI=1S/C19H23FN2O2/c1-4-10-24-16-7-5-6-15(12-16)21-14(3)19(23)22-18-9-8-13(2)11-17(18)20/h5-9,11-12,14,21H,4,10H2,1-3H3,(H,22,23). The Balaban J connectivity index is 1.98. The first kappa shape index (κ1) is 17.8. The van der Waals surface area contributed by atoms with Crippen molar-refractivity contribution in [2.45, 2.75) is 33.2 Å². The van der Waals surface area contributed by atoms with E-state index in [-0.39, 0.29) is 11.6 Å². The van der Waals surface area contributed by atoms with E-state index in [2.05, 4.69) is 10.6 Å². The summed E-state index contributed by atoms with van der Waals surface area (Å²) in [7, 11) is 0. The summed E-state index contributed by atoms with van der Waals surface area (Å²) in [6, 6.07) is 11.6. The van der Waals surface area contributed by atoms with Crippen LogP contribution in [0.5, 0.6) is 5.75 Å². The number of hydrogen-bond acceptors (Lipinski definition) is 3. The predicted octanol–water partition coefficient (Wildman–Crippen LogP) is 4.36. The van der Waals surface area contributed by atoms with Crippen molar-refractivity contribution >= 4 is 17.3 Å². The van der Waals surface area contributed by atoms with Crippen LogP contribution in [-0.2, 0) is 4.79 Å². The van der Waals surface area contributed by atoms with Crippen LogP contribution in [0.4, 0.5) is 15.8 Å². The van der Waals surface area contributed by atoms with Gasteiger partial charge in [-0.3, -0.25) is 4.79 Å². The zero-order chi connectivity index (χ0) is 17.5. The zero-order valence-corrected chi connectivity index (χ0v) is 14.2. The molecule has 0 spiro atoms. The number of carbonyl (C=O) groups is 1. The Morgan fingerprint density at radius 3 is 2.75 bits per heavy atom. The molecule has 2 rings (SSSR count). The first-order chi connectivity index (χ1) is 11.5. The molecule has 24 heavy (non-hydrogen) atoms. The predicted molar refractivity (Wildman–Crippen MR) is 95.1 cm³/mol. The van der Waals surface area contributed by atoms with Crippen molar-refractivity contribution < 1.29 is 13.9 Å². The van der Waals surface area contributed by atoms with Crippen molar-refractivity contribution in [3.05, 3.63) is 53.8 Å². The Morgan fingerprint density at radius 2 is 2.04 bits per heavy atom. The smallest absolute Gasteiger partial charge is 0.246 e. The highest BCUT2D eigenvalue weighted by atomic mass is 19.1. The summed E-state index contributed by atoms with van der Waals surface area (Å²) >= 11 is 0. The van der Waals surface area contributed by atoms with Gasteiger partial charge in [-0.15, -0.1) is 0 Å².